The van der Waals surface area contributed by atoms with Crippen molar-refractivity contribution in [2.45, 2.75) is 32.4 Å². The number of hydrogen-bond donors (Lipinski definition) is 0. The van der Waals surface area contributed by atoms with Gasteiger partial charge in [0.1, 0.15) is 6.04 Å². The number of carbonyl (C=O) groups is 2. The summed E-state index contributed by atoms with van der Waals surface area (Å²) in [5.74, 6) is -0.431. The molecule has 5 nitrogen and oxygen atoms in total. The fourth-order valence-corrected chi connectivity index (χ4v) is 2.62. The summed E-state index contributed by atoms with van der Waals surface area (Å²) < 4.78 is 10.1. The number of esters is 1. The van der Waals surface area contributed by atoms with Crippen LogP contribution in [0.4, 0.5) is 0 Å². The van der Waals surface area contributed by atoms with Crippen LogP contribution in [0.2, 0.25) is 0 Å². The highest BCUT2D eigenvalue weighted by Gasteiger charge is 2.35. The zero-order valence-electron chi connectivity index (χ0n) is 12.5. The Kier molecular flexibility index (Phi) is 5.33. The van der Waals surface area contributed by atoms with Gasteiger partial charge < -0.3 is 14.4 Å². The largest absolute Gasteiger partial charge is 0.464 e. The van der Waals surface area contributed by atoms with Gasteiger partial charge in [0.25, 0.3) is 5.91 Å². The van der Waals surface area contributed by atoms with Gasteiger partial charge in [-0.2, -0.15) is 0 Å². The molecule has 5 heteroatoms. The average molecular weight is 291 g/mol. The highest BCUT2D eigenvalue weighted by atomic mass is 16.5. The summed E-state index contributed by atoms with van der Waals surface area (Å²) in [7, 11) is 1.62. The van der Waals surface area contributed by atoms with Gasteiger partial charge in [0, 0.05) is 19.2 Å². The fraction of sp³-hybridized carbons (Fsp3) is 0.500. The first-order valence-corrected chi connectivity index (χ1v) is 7.22. The van der Waals surface area contributed by atoms with Gasteiger partial charge in [-0.15, -0.1) is 0 Å². The van der Waals surface area contributed by atoms with Crippen molar-refractivity contribution < 1.29 is 19.1 Å². The van der Waals surface area contributed by atoms with Crippen LogP contribution in [0, 0.1) is 0 Å². The number of rotatable bonds is 5. The van der Waals surface area contributed by atoms with E-state index in [1.54, 1.807) is 25.0 Å². The van der Waals surface area contributed by atoms with Crippen LogP contribution in [0.5, 0.6) is 0 Å². The van der Waals surface area contributed by atoms with Crippen LogP contribution in [0.15, 0.2) is 24.3 Å². The number of likely N-dealkylation sites (tertiary alicyclic amines) is 1. The number of amides is 1. The molecule has 0 aliphatic carbocycles. The molecule has 0 bridgehead atoms. The second-order valence-corrected chi connectivity index (χ2v) is 5.04. The number of methoxy groups -OCH3 is 1. The maximum atomic E-state index is 12.6. The van der Waals surface area contributed by atoms with Gasteiger partial charge in [0.05, 0.1) is 13.2 Å². The van der Waals surface area contributed by atoms with E-state index in [4.69, 9.17) is 9.47 Å². The number of carbonyl (C=O) groups excluding carboxylic acids is 2. The van der Waals surface area contributed by atoms with E-state index in [1.165, 1.54) is 0 Å². The van der Waals surface area contributed by atoms with Crippen LogP contribution < -0.4 is 0 Å². The number of hydrogen-bond acceptors (Lipinski definition) is 4. The zero-order valence-corrected chi connectivity index (χ0v) is 12.5. The molecule has 1 aromatic rings. The van der Waals surface area contributed by atoms with Crippen molar-refractivity contribution in [1.82, 2.24) is 4.90 Å². The van der Waals surface area contributed by atoms with Gasteiger partial charge in [-0.05, 0) is 37.5 Å². The van der Waals surface area contributed by atoms with Crippen LogP contribution in [-0.2, 0) is 20.9 Å². The van der Waals surface area contributed by atoms with Crippen LogP contribution in [-0.4, -0.2) is 43.1 Å². The normalized spacial score (nSPS) is 17.8. The molecule has 1 unspecified atom stereocenters. The molecule has 1 atom stereocenters. The molecule has 1 heterocycles. The number of benzene rings is 1. The van der Waals surface area contributed by atoms with Gasteiger partial charge >= 0.3 is 5.97 Å². The van der Waals surface area contributed by atoms with Gasteiger partial charge in [-0.3, -0.25) is 4.79 Å². The molecule has 0 saturated carbocycles. The minimum atomic E-state index is -0.455. The molecule has 114 valence electrons. The van der Waals surface area contributed by atoms with Gasteiger partial charge in [0.2, 0.25) is 0 Å². The number of ether oxygens (including phenoxy) is 2. The molecule has 21 heavy (non-hydrogen) atoms. The molecular formula is C16H21NO4. The monoisotopic (exact) mass is 291 g/mol. The van der Waals surface area contributed by atoms with Crippen LogP contribution in [0.3, 0.4) is 0 Å². The lowest BCUT2D eigenvalue weighted by Gasteiger charge is -2.23. The van der Waals surface area contributed by atoms with E-state index in [0.29, 0.717) is 31.7 Å². The third-order valence-electron chi connectivity index (χ3n) is 3.56. The smallest absolute Gasteiger partial charge is 0.328 e. The van der Waals surface area contributed by atoms with E-state index in [0.717, 1.165) is 12.0 Å². The maximum Gasteiger partial charge on any atom is 0.328 e. The Morgan fingerprint density at radius 2 is 2.19 bits per heavy atom. The molecule has 0 spiro atoms. The molecule has 1 amide bonds. The summed E-state index contributed by atoms with van der Waals surface area (Å²) in [6.07, 6.45) is 1.50. The number of nitrogens with zero attached hydrogens (tertiary/aromatic N) is 1. The lowest BCUT2D eigenvalue weighted by molar-refractivity contribution is -0.147. The Labute approximate surface area is 124 Å². The predicted octanol–water partition coefficient (Wildman–Crippen LogP) is 2.00. The Balaban J connectivity index is 2.14. The van der Waals surface area contributed by atoms with E-state index in [9.17, 15) is 9.59 Å². The van der Waals surface area contributed by atoms with Crippen LogP contribution >= 0.6 is 0 Å². The predicted molar refractivity (Wildman–Crippen MR) is 77.8 cm³/mol. The SMILES string of the molecule is CCOC(=O)C1CCCN1C(=O)c1cccc(COC)c1. The summed E-state index contributed by atoms with van der Waals surface area (Å²) in [6, 6.07) is 6.86. The third kappa shape index (κ3) is 3.61. The van der Waals surface area contributed by atoms with Crippen molar-refractivity contribution in [3.8, 4) is 0 Å². The molecule has 1 aliphatic rings. The molecule has 1 aliphatic heterocycles. The first kappa shape index (κ1) is 15.5. The molecule has 1 aromatic carbocycles. The van der Waals surface area contributed by atoms with E-state index in [2.05, 4.69) is 0 Å². The summed E-state index contributed by atoms with van der Waals surface area (Å²) in [5, 5.41) is 0. The second-order valence-electron chi connectivity index (χ2n) is 5.04. The Morgan fingerprint density at radius 3 is 2.90 bits per heavy atom. The van der Waals surface area contributed by atoms with Crippen molar-refractivity contribution >= 4 is 11.9 Å². The average Bonchev–Trinajstić information content (AvgIpc) is 2.97. The Hall–Kier alpha value is -1.88. The lowest BCUT2D eigenvalue weighted by Crippen LogP contribution is -2.41. The molecule has 2 rings (SSSR count). The molecule has 1 fully saturated rings. The summed E-state index contributed by atoms with van der Waals surface area (Å²) >= 11 is 0. The molecular weight excluding hydrogens is 270 g/mol. The van der Waals surface area contributed by atoms with Crippen LogP contribution in [0.1, 0.15) is 35.7 Å². The minimum Gasteiger partial charge on any atom is -0.464 e. The molecule has 0 aromatic heterocycles. The summed E-state index contributed by atoms with van der Waals surface area (Å²) in [5.41, 5.74) is 1.52. The molecule has 0 radical (unpaired) electrons. The van der Waals surface area contributed by atoms with E-state index in [1.807, 2.05) is 18.2 Å². The fourth-order valence-electron chi connectivity index (χ4n) is 2.62. The van der Waals surface area contributed by atoms with Crippen molar-refractivity contribution in [3.05, 3.63) is 35.4 Å². The van der Waals surface area contributed by atoms with Crippen molar-refractivity contribution in [3.63, 3.8) is 0 Å². The maximum absolute atomic E-state index is 12.6. The summed E-state index contributed by atoms with van der Waals surface area (Å²) in [4.78, 5) is 26.1. The van der Waals surface area contributed by atoms with Crippen LogP contribution in [0.25, 0.3) is 0 Å². The molecule has 1 saturated heterocycles. The molecule has 0 N–H and O–H groups in total. The Morgan fingerprint density at radius 1 is 1.38 bits per heavy atom. The quantitative estimate of drug-likeness (QED) is 0.779. The van der Waals surface area contributed by atoms with E-state index < -0.39 is 6.04 Å². The first-order chi connectivity index (χ1) is 10.2. The highest BCUT2D eigenvalue weighted by molar-refractivity contribution is 5.97. The standard InChI is InChI=1S/C16H21NO4/c1-3-21-16(19)14-8-5-9-17(14)15(18)13-7-4-6-12(10-13)11-20-2/h4,6-7,10,14H,3,5,8-9,11H2,1-2H3. The topological polar surface area (TPSA) is 55.8 Å². The lowest BCUT2D eigenvalue weighted by atomic mass is 10.1. The third-order valence-corrected chi connectivity index (χ3v) is 3.56. The summed E-state index contributed by atoms with van der Waals surface area (Å²) in [6.45, 7) is 3.16. The van der Waals surface area contributed by atoms with E-state index >= 15 is 0 Å². The zero-order chi connectivity index (χ0) is 15.2. The first-order valence-electron chi connectivity index (χ1n) is 7.22. The highest BCUT2D eigenvalue weighted by Crippen LogP contribution is 2.21. The second kappa shape index (κ2) is 7.22. The van der Waals surface area contributed by atoms with E-state index in [-0.39, 0.29) is 11.9 Å². The van der Waals surface area contributed by atoms with Gasteiger partial charge in [0.15, 0.2) is 0 Å². The van der Waals surface area contributed by atoms with Gasteiger partial charge in [-0.1, -0.05) is 12.1 Å². The van der Waals surface area contributed by atoms with Gasteiger partial charge in [-0.25, -0.2) is 4.79 Å². The minimum absolute atomic E-state index is 0.122. The van der Waals surface area contributed by atoms with Crippen molar-refractivity contribution in [2.75, 3.05) is 20.3 Å². The van der Waals surface area contributed by atoms with Crippen molar-refractivity contribution in [1.29, 1.82) is 0 Å². The van der Waals surface area contributed by atoms with Crippen molar-refractivity contribution in [2.24, 2.45) is 0 Å². The Bertz CT molecular complexity index is 515.